The summed E-state index contributed by atoms with van der Waals surface area (Å²) >= 11 is 0. The fourth-order valence-corrected chi connectivity index (χ4v) is 3.97. The predicted molar refractivity (Wildman–Crippen MR) is 98.4 cm³/mol. The van der Waals surface area contributed by atoms with Crippen LogP contribution < -0.4 is 4.90 Å². The molecule has 0 N–H and O–H groups in total. The van der Waals surface area contributed by atoms with Gasteiger partial charge in [-0.25, -0.2) is 0 Å². The van der Waals surface area contributed by atoms with Crippen LogP contribution in [0.25, 0.3) is 0 Å². The molecule has 0 amide bonds. The molecule has 1 aliphatic heterocycles. The number of aryl methyl sites for hydroxylation is 4. The van der Waals surface area contributed by atoms with Crippen molar-refractivity contribution in [1.82, 2.24) is 9.78 Å². The molecule has 24 heavy (non-hydrogen) atoms. The zero-order valence-electron chi connectivity index (χ0n) is 15.5. The lowest BCUT2D eigenvalue weighted by atomic mass is 9.99. The summed E-state index contributed by atoms with van der Waals surface area (Å²) < 4.78 is 1.93. The summed E-state index contributed by atoms with van der Waals surface area (Å²) in [5.41, 5.74) is 8.39. The Morgan fingerprint density at radius 2 is 1.88 bits per heavy atom. The third-order valence-corrected chi connectivity index (χ3v) is 4.66. The van der Waals surface area contributed by atoms with Gasteiger partial charge in [-0.05, 0) is 51.7 Å². The second kappa shape index (κ2) is 6.30. The van der Waals surface area contributed by atoms with Crippen molar-refractivity contribution < 1.29 is 4.84 Å². The number of hydrogen-bond donors (Lipinski definition) is 0. The summed E-state index contributed by atoms with van der Waals surface area (Å²) in [4.78, 5) is 7.34. The highest BCUT2D eigenvalue weighted by Crippen LogP contribution is 2.38. The average molecular weight is 326 g/mol. The zero-order chi connectivity index (χ0) is 17.4. The summed E-state index contributed by atoms with van der Waals surface area (Å²) in [7, 11) is 3.56. The minimum absolute atomic E-state index is 0.868. The number of anilines is 2. The Labute approximate surface area is 143 Å². The number of rotatable bonds is 3. The van der Waals surface area contributed by atoms with Crippen LogP contribution in [0.1, 0.15) is 41.3 Å². The zero-order valence-corrected chi connectivity index (χ0v) is 15.5. The van der Waals surface area contributed by atoms with Crippen LogP contribution in [-0.2, 0) is 18.3 Å². The van der Waals surface area contributed by atoms with E-state index in [1.807, 2.05) is 18.7 Å². The standard InChI is InChI=1S/C19H26N4O/c1-12-10-13(2)17(14(3)11-12)23-9-7-8-16-18(15(4)21-24-6)22(5)20-19(16)23/h10-11H,7-9H2,1-6H3. The van der Waals surface area contributed by atoms with Crippen LogP contribution in [0, 0.1) is 20.8 Å². The lowest BCUT2D eigenvalue weighted by molar-refractivity contribution is 0.213. The molecule has 0 radical (unpaired) electrons. The maximum absolute atomic E-state index is 4.97. The maximum Gasteiger partial charge on any atom is 0.158 e. The minimum atomic E-state index is 0.868. The van der Waals surface area contributed by atoms with Crippen LogP contribution in [0.4, 0.5) is 11.5 Å². The number of hydrogen-bond acceptors (Lipinski definition) is 4. The van der Waals surface area contributed by atoms with Crippen LogP contribution in [0.15, 0.2) is 17.3 Å². The van der Waals surface area contributed by atoms with Crippen molar-refractivity contribution in [2.45, 2.75) is 40.5 Å². The predicted octanol–water partition coefficient (Wildman–Crippen LogP) is 3.80. The molecule has 0 spiro atoms. The Bertz CT molecular complexity index is 781. The first-order valence-electron chi connectivity index (χ1n) is 8.43. The van der Waals surface area contributed by atoms with Crippen molar-refractivity contribution in [3.05, 3.63) is 40.1 Å². The van der Waals surface area contributed by atoms with E-state index < -0.39 is 0 Å². The van der Waals surface area contributed by atoms with Crippen molar-refractivity contribution in [2.75, 3.05) is 18.6 Å². The number of oxime groups is 1. The van der Waals surface area contributed by atoms with E-state index in [2.05, 4.69) is 43.0 Å². The molecule has 1 aliphatic rings. The molecule has 2 heterocycles. The quantitative estimate of drug-likeness (QED) is 0.636. The largest absolute Gasteiger partial charge is 0.399 e. The van der Waals surface area contributed by atoms with E-state index in [9.17, 15) is 0 Å². The lowest BCUT2D eigenvalue weighted by Gasteiger charge is -2.30. The first-order chi connectivity index (χ1) is 11.4. The van der Waals surface area contributed by atoms with E-state index in [4.69, 9.17) is 9.94 Å². The fourth-order valence-electron chi connectivity index (χ4n) is 3.97. The van der Waals surface area contributed by atoms with Crippen molar-refractivity contribution >= 4 is 17.2 Å². The van der Waals surface area contributed by atoms with Gasteiger partial charge in [-0.1, -0.05) is 22.9 Å². The van der Waals surface area contributed by atoms with Gasteiger partial charge >= 0.3 is 0 Å². The molecule has 3 rings (SSSR count). The van der Waals surface area contributed by atoms with Crippen molar-refractivity contribution in [2.24, 2.45) is 12.2 Å². The molecular formula is C19H26N4O. The number of aromatic nitrogens is 2. The van der Waals surface area contributed by atoms with E-state index >= 15 is 0 Å². The lowest BCUT2D eigenvalue weighted by Crippen LogP contribution is -2.26. The van der Waals surface area contributed by atoms with Crippen LogP contribution in [-0.4, -0.2) is 29.1 Å². The molecule has 0 atom stereocenters. The average Bonchev–Trinajstić information content (AvgIpc) is 2.83. The summed E-state index contributed by atoms with van der Waals surface area (Å²) in [5.74, 6) is 1.06. The Morgan fingerprint density at radius 1 is 1.21 bits per heavy atom. The van der Waals surface area contributed by atoms with Gasteiger partial charge in [0.15, 0.2) is 5.82 Å². The Morgan fingerprint density at radius 3 is 2.50 bits per heavy atom. The Hall–Kier alpha value is -2.30. The van der Waals surface area contributed by atoms with Gasteiger partial charge in [0.05, 0.1) is 5.69 Å². The van der Waals surface area contributed by atoms with Crippen molar-refractivity contribution in [1.29, 1.82) is 0 Å². The third kappa shape index (κ3) is 2.68. The monoisotopic (exact) mass is 326 g/mol. The molecular weight excluding hydrogens is 300 g/mol. The van der Waals surface area contributed by atoms with E-state index in [-0.39, 0.29) is 0 Å². The first-order valence-corrected chi connectivity index (χ1v) is 8.43. The normalized spacial score (nSPS) is 14.8. The highest BCUT2D eigenvalue weighted by Gasteiger charge is 2.28. The summed E-state index contributed by atoms with van der Waals surface area (Å²) in [6.07, 6.45) is 2.13. The number of benzene rings is 1. The Kier molecular flexibility index (Phi) is 4.35. The van der Waals surface area contributed by atoms with Gasteiger partial charge in [-0.3, -0.25) is 4.68 Å². The van der Waals surface area contributed by atoms with Gasteiger partial charge in [-0.2, -0.15) is 5.10 Å². The number of fused-ring (bicyclic) bond motifs is 1. The van der Waals surface area contributed by atoms with Gasteiger partial charge < -0.3 is 9.74 Å². The van der Waals surface area contributed by atoms with Gasteiger partial charge in [0, 0.05) is 24.8 Å². The summed E-state index contributed by atoms with van der Waals surface area (Å²) in [6.45, 7) is 9.49. The molecule has 128 valence electrons. The van der Waals surface area contributed by atoms with Crippen LogP contribution in [0.5, 0.6) is 0 Å². The smallest absolute Gasteiger partial charge is 0.158 e. The third-order valence-electron chi connectivity index (χ3n) is 4.66. The van der Waals surface area contributed by atoms with E-state index in [0.29, 0.717) is 0 Å². The molecule has 1 aromatic carbocycles. The molecule has 0 bridgehead atoms. The molecule has 0 unspecified atom stereocenters. The SMILES string of the molecule is CON=C(C)c1c2c(nn1C)N(c1c(C)cc(C)cc1C)CCC2. The highest BCUT2D eigenvalue weighted by atomic mass is 16.6. The highest BCUT2D eigenvalue weighted by molar-refractivity contribution is 5.99. The molecule has 0 fully saturated rings. The molecule has 5 nitrogen and oxygen atoms in total. The van der Waals surface area contributed by atoms with Crippen LogP contribution >= 0.6 is 0 Å². The molecule has 0 saturated carbocycles. The van der Waals surface area contributed by atoms with Gasteiger partial charge in [0.25, 0.3) is 0 Å². The topological polar surface area (TPSA) is 42.7 Å². The first kappa shape index (κ1) is 16.6. The van der Waals surface area contributed by atoms with E-state index in [1.165, 1.54) is 27.9 Å². The summed E-state index contributed by atoms with van der Waals surface area (Å²) in [5, 5.41) is 8.94. The summed E-state index contributed by atoms with van der Waals surface area (Å²) in [6, 6.07) is 4.50. The molecule has 2 aromatic rings. The second-order valence-corrected chi connectivity index (χ2v) is 6.64. The molecule has 5 heteroatoms. The molecule has 1 aromatic heterocycles. The fraction of sp³-hybridized carbons (Fsp3) is 0.474. The van der Waals surface area contributed by atoms with Gasteiger partial charge in [0.2, 0.25) is 0 Å². The Balaban J connectivity index is 2.15. The van der Waals surface area contributed by atoms with Crippen LogP contribution in [0.2, 0.25) is 0 Å². The van der Waals surface area contributed by atoms with Crippen molar-refractivity contribution in [3.8, 4) is 0 Å². The van der Waals surface area contributed by atoms with E-state index in [1.54, 1.807) is 7.11 Å². The number of nitrogens with zero attached hydrogens (tertiary/aromatic N) is 4. The van der Waals surface area contributed by atoms with E-state index in [0.717, 1.165) is 36.6 Å². The molecule has 0 saturated heterocycles. The van der Waals surface area contributed by atoms with Crippen LogP contribution in [0.3, 0.4) is 0 Å². The van der Waals surface area contributed by atoms with Crippen molar-refractivity contribution in [3.63, 3.8) is 0 Å². The minimum Gasteiger partial charge on any atom is -0.399 e. The molecule has 0 aliphatic carbocycles. The second-order valence-electron chi connectivity index (χ2n) is 6.64. The maximum atomic E-state index is 4.97. The van der Waals surface area contributed by atoms with Gasteiger partial charge in [-0.15, -0.1) is 0 Å². The van der Waals surface area contributed by atoms with Gasteiger partial charge in [0.1, 0.15) is 12.8 Å².